The first-order chi connectivity index (χ1) is 16.3. The maximum atomic E-state index is 13.9. The summed E-state index contributed by atoms with van der Waals surface area (Å²) in [5.41, 5.74) is 4.62. The second-order valence-electron chi connectivity index (χ2n) is 8.01. The van der Waals surface area contributed by atoms with Crippen LogP contribution in [0.1, 0.15) is 27.4 Å². The molecule has 2 atom stereocenters. The first kappa shape index (κ1) is 20.7. The number of para-hydroxylation sites is 1. The quantitative estimate of drug-likeness (QED) is 0.324. The lowest BCUT2D eigenvalue weighted by atomic mass is 9.83. The Morgan fingerprint density at radius 1 is 0.667 bits per heavy atom. The third-order valence-electron chi connectivity index (χ3n) is 5.87. The van der Waals surface area contributed by atoms with Crippen LogP contribution >= 0.6 is 0 Å². The number of allylic oxidation sites excluding steroid dienone is 1. The highest BCUT2D eigenvalue weighted by atomic mass is 16.1. The van der Waals surface area contributed by atoms with Gasteiger partial charge in [0.15, 0.2) is 5.78 Å². The van der Waals surface area contributed by atoms with Crippen molar-refractivity contribution in [3.8, 4) is 0 Å². The van der Waals surface area contributed by atoms with E-state index in [4.69, 9.17) is 5.10 Å². The molecule has 33 heavy (non-hydrogen) atoms. The normalized spacial score (nSPS) is 17.8. The molecule has 0 saturated carbocycles. The topological polar surface area (TPSA) is 32.7 Å². The molecule has 0 unspecified atom stereocenters. The van der Waals surface area contributed by atoms with Crippen LogP contribution < -0.4 is 5.01 Å². The molecular formula is C30H24N2O. The van der Waals surface area contributed by atoms with Crippen molar-refractivity contribution in [3.05, 3.63) is 144 Å². The zero-order chi connectivity index (χ0) is 22.5. The van der Waals surface area contributed by atoms with Crippen LogP contribution in [-0.2, 0) is 0 Å². The molecule has 0 bridgehead atoms. The average molecular weight is 429 g/mol. The number of hydrogen-bond donors (Lipinski definition) is 0. The Kier molecular flexibility index (Phi) is 5.94. The Morgan fingerprint density at radius 3 is 1.85 bits per heavy atom. The smallest absolute Gasteiger partial charge is 0.188 e. The number of benzene rings is 4. The first-order valence-corrected chi connectivity index (χ1v) is 11.1. The second kappa shape index (κ2) is 9.49. The molecule has 0 amide bonds. The lowest BCUT2D eigenvalue weighted by molar-refractivity contribution is 0.0957. The summed E-state index contributed by atoms with van der Waals surface area (Å²) in [5, 5.41) is 6.89. The minimum absolute atomic E-state index is 0.0557. The van der Waals surface area contributed by atoms with Gasteiger partial charge in [0.05, 0.1) is 17.3 Å². The van der Waals surface area contributed by atoms with Gasteiger partial charge in [-0.05, 0) is 29.3 Å². The van der Waals surface area contributed by atoms with Gasteiger partial charge in [-0.15, -0.1) is 0 Å². The molecule has 5 rings (SSSR count). The molecular weight excluding hydrogens is 404 g/mol. The van der Waals surface area contributed by atoms with E-state index in [1.807, 2.05) is 108 Å². The number of rotatable bonds is 6. The van der Waals surface area contributed by atoms with E-state index in [1.54, 1.807) is 0 Å². The van der Waals surface area contributed by atoms with Crippen molar-refractivity contribution < 1.29 is 4.79 Å². The maximum absolute atomic E-state index is 13.9. The van der Waals surface area contributed by atoms with Crippen LogP contribution in [0.3, 0.4) is 0 Å². The number of Topliss-reactive ketones (excluding diaryl/α,β-unsaturated/α-hetero) is 1. The second-order valence-corrected chi connectivity index (χ2v) is 8.01. The standard InChI is InChI=1S/C30H24N2O/c33-30(25-17-9-3-10-18-25)29-28(24-15-7-2-8-16-24)27(22-21-23-13-5-1-6-14-23)31-32(29)26-19-11-4-12-20-26/h1-22,28-29H/b22-21+/t28-,29-/m1/s1. The molecule has 4 aromatic carbocycles. The van der Waals surface area contributed by atoms with E-state index in [0.29, 0.717) is 5.56 Å². The van der Waals surface area contributed by atoms with Gasteiger partial charge in [0.2, 0.25) is 0 Å². The third kappa shape index (κ3) is 4.39. The van der Waals surface area contributed by atoms with Gasteiger partial charge < -0.3 is 0 Å². The molecule has 3 nitrogen and oxygen atoms in total. The monoisotopic (exact) mass is 428 g/mol. The molecule has 0 fully saturated rings. The Labute approximate surface area is 194 Å². The highest BCUT2D eigenvalue weighted by Crippen LogP contribution is 2.37. The lowest BCUT2D eigenvalue weighted by Gasteiger charge is -2.27. The van der Waals surface area contributed by atoms with Gasteiger partial charge in [-0.3, -0.25) is 9.80 Å². The fourth-order valence-corrected chi connectivity index (χ4v) is 4.28. The summed E-state index contributed by atoms with van der Waals surface area (Å²) in [6.07, 6.45) is 4.11. The summed E-state index contributed by atoms with van der Waals surface area (Å²) in [6.45, 7) is 0. The minimum atomic E-state index is -0.479. The van der Waals surface area contributed by atoms with Crippen LogP contribution in [0.4, 0.5) is 5.69 Å². The van der Waals surface area contributed by atoms with Gasteiger partial charge in [0.25, 0.3) is 0 Å². The van der Waals surface area contributed by atoms with Crippen molar-refractivity contribution in [3.63, 3.8) is 0 Å². The van der Waals surface area contributed by atoms with Crippen LogP contribution in [-0.4, -0.2) is 17.5 Å². The van der Waals surface area contributed by atoms with Gasteiger partial charge in [-0.2, -0.15) is 5.10 Å². The summed E-state index contributed by atoms with van der Waals surface area (Å²) < 4.78 is 0. The molecule has 0 saturated heterocycles. The molecule has 0 spiro atoms. The highest BCUT2D eigenvalue weighted by molar-refractivity contribution is 6.14. The predicted octanol–water partition coefficient (Wildman–Crippen LogP) is 6.61. The summed E-state index contributed by atoms with van der Waals surface area (Å²) in [6, 6.07) is 39.3. The minimum Gasteiger partial charge on any atom is -0.292 e. The molecule has 0 aromatic heterocycles. The molecule has 160 valence electrons. The number of anilines is 1. The fourth-order valence-electron chi connectivity index (χ4n) is 4.28. The zero-order valence-corrected chi connectivity index (χ0v) is 18.2. The third-order valence-corrected chi connectivity index (χ3v) is 5.87. The van der Waals surface area contributed by atoms with E-state index < -0.39 is 6.04 Å². The fraction of sp³-hybridized carbons (Fsp3) is 0.0667. The first-order valence-electron chi connectivity index (χ1n) is 11.1. The van der Waals surface area contributed by atoms with Crippen LogP contribution in [0, 0.1) is 0 Å². The molecule has 0 radical (unpaired) electrons. The van der Waals surface area contributed by atoms with Crippen molar-refractivity contribution in [2.75, 3.05) is 5.01 Å². The number of hydrogen-bond acceptors (Lipinski definition) is 3. The molecule has 1 heterocycles. The maximum Gasteiger partial charge on any atom is 0.188 e. The van der Waals surface area contributed by atoms with E-state index in [0.717, 1.165) is 22.5 Å². The van der Waals surface area contributed by atoms with E-state index in [-0.39, 0.29) is 11.7 Å². The van der Waals surface area contributed by atoms with Crippen LogP contribution in [0.2, 0.25) is 0 Å². The van der Waals surface area contributed by atoms with Crippen LogP contribution in [0.25, 0.3) is 6.08 Å². The van der Waals surface area contributed by atoms with E-state index in [9.17, 15) is 4.79 Å². The van der Waals surface area contributed by atoms with Crippen LogP contribution in [0.15, 0.2) is 133 Å². The lowest BCUT2D eigenvalue weighted by Crippen LogP contribution is -2.39. The Hall–Kier alpha value is -4.24. The summed E-state index contributed by atoms with van der Waals surface area (Å²) >= 11 is 0. The van der Waals surface area contributed by atoms with E-state index >= 15 is 0 Å². The van der Waals surface area contributed by atoms with E-state index in [2.05, 4.69) is 30.3 Å². The largest absolute Gasteiger partial charge is 0.292 e. The average Bonchev–Trinajstić information content (AvgIpc) is 3.28. The number of hydrazone groups is 1. The van der Waals surface area contributed by atoms with Crippen molar-refractivity contribution in [1.82, 2.24) is 0 Å². The summed E-state index contributed by atoms with van der Waals surface area (Å²) in [5.74, 6) is -0.140. The summed E-state index contributed by atoms with van der Waals surface area (Å²) in [4.78, 5) is 13.9. The van der Waals surface area contributed by atoms with Crippen molar-refractivity contribution in [2.24, 2.45) is 5.10 Å². The molecule has 1 aliphatic rings. The van der Waals surface area contributed by atoms with Gasteiger partial charge in [-0.1, -0.05) is 115 Å². The van der Waals surface area contributed by atoms with Crippen molar-refractivity contribution in [1.29, 1.82) is 0 Å². The molecule has 3 heteroatoms. The van der Waals surface area contributed by atoms with Gasteiger partial charge in [0.1, 0.15) is 6.04 Å². The van der Waals surface area contributed by atoms with Gasteiger partial charge in [0, 0.05) is 5.56 Å². The number of carbonyl (C=O) groups excluding carboxylic acids is 1. The Morgan fingerprint density at radius 2 is 1.21 bits per heavy atom. The number of ketones is 1. The van der Waals surface area contributed by atoms with Crippen molar-refractivity contribution >= 4 is 23.3 Å². The van der Waals surface area contributed by atoms with Gasteiger partial charge >= 0.3 is 0 Å². The SMILES string of the molecule is O=C(c1ccccc1)[C@H]1[C@H](c2ccccc2)C(/C=C/c2ccccc2)=NN1c1ccccc1. The Bertz CT molecular complexity index is 1270. The molecule has 0 aliphatic carbocycles. The van der Waals surface area contributed by atoms with Crippen LogP contribution in [0.5, 0.6) is 0 Å². The Balaban J connectivity index is 1.63. The number of carbonyl (C=O) groups is 1. The van der Waals surface area contributed by atoms with Gasteiger partial charge in [-0.25, -0.2) is 0 Å². The zero-order valence-electron chi connectivity index (χ0n) is 18.2. The predicted molar refractivity (Wildman–Crippen MR) is 136 cm³/mol. The summed E-state index contributed by atoms with van der Waals surface area (Å²) in [7, 11) is 0. The molecule has 1 aliphatic heterocycles. The van der Waals surface area contributed by atoms with Crippen molar-refractivity contribution in [2.45, 2.75) is 12.0 Å². The van der Waals surface area contributed by atoms with E-state index in [1.165, 1.54) is 0 Å². The molecule has 0 N–H and O–H groups in total. The highest BCUT2D eigenvalue weighted by Gasteiger charge is 2.43. The number of nitrogens with zero attached hydrogens (tertiary/aromatic N) is 2. The molecule has 4 aromatic rings.